The van der Waals surface area contributed by atoms with Crippen LogP contribution in [-0.4, -0.2) is 39.8 Å². The average Bonchev–Trinajstić information content (AvgIpc) is 2.70. The van der Waals surface area contributed by atoms with Gasteiger partial charge in [-0.1, -0.05) is 18.2 Å². The van der Waals surface area contributed by atoms with Gasteiger partial charge < -0.3 is 19.7 Å². The summed E-state index contributed by atoms with van der Waals surface area (Å²) in [6, 6.07) is 13.8. The van der Waals surface area contributed by atoms with E-state index in [4.69, 9.17) is 9.47 Å². The molecule has 0 saturated heterocycles. The highest BCUT2D eigenvalue weighted by molar-refractivity contribution is 5.94. The van der Waals surface area contributed by atoms with E-state index >= 15 is 0 Å². The quantitative estimate of drug-likeness (QED) is 0.776. The average molecular weight is 354 g/mol. The molecule has 1 amide bonds. The fourth-order valence-electron chi connectivity index (χ4n) is 3.40. The van der Waals surface area contributed by atoms with Gasteiger partial charge in [-0.15, -0.1) is 0 Å². The minimum absolute atomic E-state index is 0.0926. The molecule has 0 saturated carbocycles. The number of rotatable bonds is 7. The van der Waals surface area contributed by atoms with Crippen LogP contribution in [0.25, 0.3) is 0 Å². The van der Waals surface area contributed by atoms with E-state index in [0.29, 0.717) is 23.6 Å². The molecule has 0 unspecified atom stereocenters. The number of hydrogen-bond acceptors (Lipinski definition) is 4. The van der Waals surface area contributed by atoms with E-state index in [1.165, 1.54) is 17.7 Å². The van der Waals surface area contributed by atoms with Gasteiger partial charge in [0, 0.05) is 30.9 Å². The lowest BCUT2D eigenvalue weighted by Crippen LogP contribution is -2.33. The van der Waals surface area contributed by atoms with Crippen molar-refractivity contribution in [3.05, 3.63) is 53.6 Å². The number of anilines is 1. The molecule has 0 fully saturated rings. The number of aryl methyl sites for hydroxylation is 1. The topological polar surface area (TPSA) is 50.8 Å². The van der Waals surface area contributed by atoms with Crippen molar-refractivity contribution in [2.24, 2.45) is 0 Å². The molecule has 1 aliphatic heterocycles. The molecule has 26 heavy (non-hydrogen) atoms. The molecule has 1 heterocycles. The van der Waals surface area contributed by atoms with Crippen LogP contribution in [0.1, 0.15) is 28.8 Å². The third-order valence-corrected chi connectivity index (χ3v) is 4.74. The molecule has 0 atom stereocenters. The van der Waals surface area contributed by atoms with Crippen molar-refractivity contribution in [2.45, 2.75) is 19.3 Å². The van der Waals surface area contributed by atoms with Crippen molar-refractivity contribution in [2.75, 3.05) is 38.8 Å². The van der Waals surface area contributed by atoms with Crippen LogP contribution in [0.4, 0.5) is 5.69 Å². The summed E-state index contributed by atoms with van der Waals surface area (Å²) in [4.78, 5) is 14.8. The zero-order chi connectivity index (χ0) is 18.4. The molecule has 1 aliphatic rings. The fourth-order valence-corrected chi connectivity index (χ4v) is 3.40. The Hall–Kier alpha value is -2.69. The Kier molecular flexibility index (Phi) is 6.00. The Balaban J connectivity index is 1.50. The summed E-state index contributed by atoms with van der Waals surface area (Å²) in [6.45, 7) is 2.68. The van der Waals surface area contributed by atoms with E-state index in [2.05, 4.69) is 34.5 Å². The van der Waals surface area contributed by atoms with Crippen molar-refractivity contribution in [3.8, 4) is 11.5 Å². The van der Waals surface area contributed by atoms with Gasteiger partial charge in [-0.25, -0.2) is 0 Å². The zero-order valence-electron chi connectivity index (χ0n) is 15.5. The van der Waals surface area contributed by atoms with Gasteiger partial charge in [0.25, 0.3) is 5.91 Å². The first-order valence-electron chi connectivity index (χ1n) is 9.06. The van der Waals surface area contributed by atoms with Crippen LogP contribution in [-0.2, 0) is 6.42 Å². The molecule has 0 spiro atoms. The molecular weight excluding hydrogens is 328 g/mol. The number of fused-ring (bicyclic) bond motifs is 1. The first-order chi connectivity index (χ1) is 12.7. The van der Waals surface area contributed by atoms with E-state index in [1.54, 1.807) is 32.4 Å². The monoisotopic (exact) mass is 354 g/mol. The van der Waals surface area contributed by atoms with Crippen molar-refractivity contribution < 1.29 is 14.3 Å². The van der Waals surface area contributed by atoms with Crippen molar-refractivity contribution in [1.82, 2.24) is 5.32 Å². The van der Waals surface area contributed by atoms with Gasteiger partial charge in [0.1, 0.15) is 0 Å². The van der Waals surface area contributed by atoms with Crippen molar-refractivity contribution in [1.29, 1.82) is 0 Å². The second kappa shape index (κ2) is 8.61. The second-order valence-corrected chi connectivity index (χ2v) is 6.40. The first kappa shape index (κ1) is 18.1. The summed E-state index contributed by atoms with van der Waals surface area (Å²) in [5.74, 6) is 1.09. The summed E-state index contributed by atoms with van der Waals surface area (Å²) >= 11 is 0. The summed E-state index contributed by atoms with van der Waals surface area (Å²) in [7, 11) is 3.15. The number of nitrogens with one attached hydrogen (secondary N) is 1. The summed E-state index contributed by atoms with van der Waals surface area (Å²) in [6.07, 6.45) is 3.26. The first-order valence-corrected chi connectivity index (χ1v) is 9.06. The lowest BCUT2D eigenvalue weighted by atomic mass is 10.0. The Labute approximate surface area is 154 Å². The van der Waals surface area contributed by atoms with E-state index in [9.17, 15) is 4.79 Å². The number of nitrogens with zero attached hydrogens (tertiary/aromatic N) is 1. The SMILES string of the molecule is COc1ccc(C(=O)NCCCN2CCCc3ccccc32)cc1OC. The molecule has 3 rings (SSSR count). The Morgan fingerprint density at radius 2 is 1.92 bits per heavy atom. The molecule has 5 heteroatoms. The highest BCUT2D eigenvalue weighted by Crippen LogP contribution is 2.28. The maximum atomic E-state index is 12.3. The van der Waals surface area contributed by atoms with Gasteiger partial charge in [-0.2, -0.15) is 0 Å². The maximum Gasteiger partial charge on any atom is 0.251 e. The largest absolute Gasteiger partial charge is 0.493 e. The van der Waals surface area contributed by atoms with Crippen LogP contribution < -0.4 is 19.7 Å². The Morgan fingerprint density at radius 1 is 1.12 bits per heavy atom. The maximum absolute atomic E-state index is 12.3. The molecular formula is C21H26N2O3. The number of amides is 1. The highest BCUT2D eigenvalue weighted by Gasteiger charge is 2.16. The van der Waals surface area contributed by atoms with E-state index in [1.807, 2.05) is 0 Å². The predicted octanol–water partition coefficient (Wildman–Crippen LogP) is 3.28. The van der Waals surface area contributed by atoms with Crippen LogP contribution in [0.2, 0.25) is 0 Å². The third kappa shape index (κ3) is 4.10. The molecule has 0 radical (unpaired) electrons. The number of hydrogen-bond donors (Lipinski definition) is 1. The standard InChI is InChI=1S/C21H26N2O3/c1-25-19-11-10-17(15-20(19)26-2)21(24)22-12-6-14-23-13-5-8-16-7-3-4-9-18(16)23/h3-4,7,9-11,15H,5-6,8,12-14H2,1-2H3,(H,22,24). The number of carbonyl (C=O) groups is 1. The normalized spacial score (nSPS) is 13.1. The number of methoxy groups -OCH3 is 2. The van der Waals surface area contributed by atoms with Crippen LogP contribution in [0.3, 0.4) is 0 Å². The number of benzene rings is 2. The van der Waals surface area contributed by atoms with Gasteiger partial charge >= 0.3 is 0 Å². The van der Waals surface area contributed by atoms with E-state index < -0.39 is 0 Å². The smallest absolute Gasteiger partial charge is 0.251 e. The van der Waals surface area contributed by atoms with Crippen molar-refractivity contribution >= 4 is 11.6 Å². The fraction of sp³-hybridized carbons (Fsp3) is 0.381. The third-order valence-electron chi connectivity index (χ3n) is 4.74. The van der Waals surface area contributed by atoms with Crippen LogP contribution in [0.5, 0.6) is 11.5 Å². The van der Waals surface area contributed by atoms with E-state index in [-0.39, 0.29) is 5.91 Å². The molecule has 2 aromatic carbocycles. The van der Waals surface area contributed by atoms with Crippen LogP contribution >= 0.6 is 0 Å². The molecule has 138 valence electrons. The summed E-state index contributed by atoms with van der Waals surface area (Å²) < 4.78 is 10.5. The van der Waals surface area contributed by atoms with Gasteiger partial charge in [-0.05, 0) is 49.1 Å². The van der Waals surface area contributed by atoms with Crippen LogP contribution in [0.15, 0.2) is 42.5 Å². The molecule has 1 N–H and O–H groups in total. The predicted molar refractivity (Wildman–Crippen MR) is 103 cm³/mol. The highest BCUT2D eigenvalue weighted by atomic mass is 16.5. The molecule has 5 nitrogen and oxygen atoms in total. The Bertz CT molecular complexity index is 761. The van der Waals surface area contributed by atoms with Gasteiger partial charge in [0.05, 0.1) is 14.2 Å². The number of carbonyl (C=O) groups excluding carboxylic acids is 1. The molecule has 0 aromatic heterocycles. The number of ether oxygens (including phenoxy) is 2. The molecule has 2 aromatic rings. The minimum atomic E-state index is -0.0926. The molecule has 0 bridgehead atoms. The van der Waals surface area contributed by atoms with Crippen molar-refractivity contribution in [3.63, 3.8) is 0 Å². The Morgan fingerprint density at radius 3 is 2.73 bits per heavy atom. The number of para-hydroxylation sites is 1. The lowest BCUT2D eigenvalue weighted by molar-refractivity contribution is 0.0953. The van der Waals surface area contributed by atoms with Gasteiger partial charge in [0.2, 0.25) is 0 Å². The van der Waals surface area contributed by atoms with Gasteiger partial charge in [-0.3, -0.25) is 4.79 Å². The van der Waals surface area contributed by atoms with Crippen LogP contribution in [0, 0.1) is 0 Å². The summed E-state index contributed by atoms with van der Waals surface area (Å²) in [5.41, 5.74) is 3.34. The molecule has 0 aliphatic carbocycles. The minimum Gasteiger partial charge on any atom is -0.493 e. The zero-order valence-corrected chi connectivity index (χ0v) is 15.5. The summed E-state index contributed by atoms with van der Waals surface area (Å²) in [5, 5.41) is 2.99. The lowest BCUT2D eigenvalue weighted by Gasteiger charge is -2.31. The van der Waals surface area contributed by atoms with E-state index in [0.717, 1.165) is 25.9 Å². The second-order valence-electron chi connectivity index (χ2n) is 6.40. The van der Waals surface area contributed by atoms with Gasteiger partial charge in [0.15, 0.2) is 11.5 Å².